The van der Waals surface area contributed by atoms with E-state index in [0.717, 1.165) is 35.3 Å². The van der Waals surface area contributed by atoms with Crippen LogP contribution in [-0.4, -0.2) is 4.57 Å². The number of hydrogen-bond acceptors (Lipinski definition) is 0. The number of rotatable bonds is 3. The Morgan fingerprint density at radius 1 is 0.680 bits per heavy atom. The van der Waals surface area contributed by atoms with Crippen LogP contribution in [0.3, 0.4) is 0 Å². The van der Waals surface area contributed by atoms with Gasteiger partial charge in [0.15, 0.2) is 0 Å². The lowest BCUT2D eigenvalue weighted by molar-refractivity contribution is -0.137. The zero-order valence-electron chi connectivity index (χ0n) is 13.4. The molecule has 1 aromatic heterocycles. The number of aryl methyl sites for hydroxylation is 2. The van der Waals surface area contributed by atoms with E-state index in [2.05, 4.69) is 28.8 Å². The molecule has 0 fully saturated rings. The smallest absolute Gasteiger partial charge is 0.340 e. The molecule has 4 heteroatoms. The van der Waals surface area contributed by atoms with E-state index in [9.17, 15) is 13.2 Å². The van der Waals surface area contributed by atoms with Gasteiger partial charge in [0.25, 0.3) is 0 Å². The van der Waals surface area contributed by atoms with Gasteiger partial charge in [0.1, 0.15) is 0 Å². The standard InChI is InChI=1S/C21H16F3N/c22-21(23,24)16-11-9-15(10-12-16)13-14-25-19-7-3-1-5-17(19)18-6-2-4-8-20(18)25/h1-12H,13-14H2. The zero-order valence-corrected chi connectivity index (χ0v) is 13.4. The Morgan fingerprint density at radius 2 is 1.20 bits per heavy atom. The lowest BCUT2D eigenvalue weighted by atomic mass is 10.1. The van der Waals surface area contributed by atoms with E-state index in [0.29, 0.717) is 6.42 Å². The molecular formula is C21H16F3N. The van der Waals surface area contributed by atoms with Crippen LogP contribution in [0.5, 0.6) is 0 Å². The predicted octanol–water partition coefficient (Wildman–Crippen LogP) is 6.06. The van der Waals surface area contributed by atoms with Gasteiger partial charge in [0.2, 0.25) is 0 Å². The van der Waals surface area contributed by atoms with Gasteiger partial charge in [-0.05, 0) is 36.2 Å². The second kappa shape index (κ2) is 5.96. The van der Waals surface area contributed by atoms with Gasteiger partial charge in [-0.1, -0.05) is 48.5 Å². The molecule has 3 aromatic carbocycles. The topological polar surface area (TPSA) is 4.93 Å². The number of fused-ring (bicyclic) bond motifs is 3. The maximum absolute atomic E-state index is 12.7. The van der Waals surface area contributed by atoms with Gasteiger partial charge in [-0.2, -0.15) is 13.2 Å². The third kappa shape index (κ3) is 2.88. The lowest BCUT2D eigenvalue weighted by Gasteiger charge is -2.10. The fraction of sp³-hybridized carbons (Fsp3) is 0.143. The zero-order chi connectivity index (χ0) is 17.4. The molecule has 0 N–H and O–H groups in total. The summed E-state index contributed by atoms with van der Waals surface area (Å²) in [4.78, 5) is 0. The Bertz CT molecular complexity index is 973. The second-order valence-corrected chi connectivity index (χ2v) is 6.13. The van der Waals surface area contributed by atoms with Crippen molar-refractivity contribution in [1.82, 2.24) is 4.57 Å². The van der Waals surface area contributed by atoms with Crippen molar-refractivity contribution in [2.45, 2.75) is 19.1 Å². The normalized spacial score (nSPS) is 12.1. The van der Waals surface area contributed by atoms with Crippen LogP contribution < -0.4 is 0 Å². The molecule has 1 nitrogen and oxygen atoms in total. The second-order valence-electron chi connectivity index (χ2n) is 6.13. The third-order valence-electron chi connectivity index (χ3n) is 4.59. The minimum atomic E-state index is -4.29. The largest absolute Gasteiger partial charge is 0.416 e. The van der Waals surface area contributed by atoms with E-state index in [-0.39, 0.29) is 0 Å². The lowest BCUT2D eigenvalue weighted by Crippen LogP contribution is -2.05. The monoisotopic (exact) mass is 339 g/mol. The Hall–Kier alpha value is -2.75. The van der Waals surface area contributed by atoms with Gasteiger partial charge >= 0.3 is 6.18 Å². The first-order valence-corrected chi connectivity index (χ1v) is 8.16. The fourth-order valence-electron chi connectivity index (χ4n) is 3.35. The Labute approximate surface area is 143 Å². The van der Waals surface area contributed by atoms with E-state index in [1.807, 2.05) is 24.3 Å². The molecule has 0 spiro atoms. The molecule has 0 aliphatic rings. The highest BCUT2D eigenvalue weighted by molar-refractivity contribution is 6.07. The van der Waals surface area contributed by atoms with Crippen LogP contribution in [0.4, 0.5) is 13.2 Å². The van der Waals surface area contributed by atoms with E-state index in [4.69, 9.17) is 0 Å². The van der Waals surface area contributed by atoms with Crippen molar-refractivity contribution in [3.8, 4) is 0 Å². The maximum atomic E-state index is 12.7. The van der Waals surface area contributed by atoms with Gasteiger partial charge in [0, 0.05) is 28.4 Å². The highest BCUT2D eigenvalue weighted by Crippen LogP contribution is 2.30. The molecule has 0 bridgehead atoms. The minimum absolute atomic E-state index is 0.604. The summed E-state index contributed by atoms with van der Waals surface area (Å²) in [6.45, 7) is 0.722. The molecule has 0 saturated heterocycles. The van der Waals surface area contributed by atoms with Crippen molar-refractivity contribution in [1.29, 1.82) is 0 Å². The third-order valence-corrected chi connectivity index (χ3v) is 4.59. The summed E-state index contributed by atoms with van der Waals surface area (Å²) in [5.41, 5.74) is 2.59. The van der Waals surface area contributed by atoms with Crippen molar-refractivity contribution in [3.63, 3.8) is 0 Å². The van der Waals surface area contributed by atoms with Crippen molar-refractivity contribution in [2.24, 2.45) is 0 Å². The van der Waals surface area contributed by atoms with Gasteiger partial charge in [0.05, 0.1) is 5.56 Å². The Morgan fingerprint density at radius 3 is 1.72 bits per heavy atom. The first kappa shape index (κ1) is 15.8. The number of aromatic nitrogens is 1. The highest BCUT2D eigenvalue weighted by Gasteiger charge is 2.29. The summed E-state index contributed by atoms with van der Waals surface area (Å²) in [5, 5.41) is 2.40. The van der Waals surface area contributed by atoms with E-state index >= 15 is 0 Å². The quantitative estimate of drug-likeness (QED) is 0.428. The molecule has 4 aromatic rings. The molecular weight excluding hydrogens is 323 g/mol. The predicted molar refractivity (Wildman–Crippen MR) is 94.6 cm³/mol. The van der Waals surface area contributed by atoms with Crippen LogP contribution in [-0.2, 0) is 19.1 Å². The van der Waals surface area contributed by atoms with Gasteiger partial charge in [-0.3, -0.25) is 0 Å². The van der Waals surface area contributed by atoms with Crippen LogP contribution in [0.15, 0.2) is 72.8 Å². The summed E-state index contributed by atoms with van der Waals surface area (Å²) in [6, 6.07) is 21.9. The van der Waals surface area contributed by atoms with E-state index in [1.54, 1.807) is 12.1 Å². The molecule has 0 aliphatic carbocycles. The Kier molecular flexibility index (Phi) is 3.75. The molecule has 4 rings (SSSR count). The van der Waals surface area contributed by atoms with Crippen molar-refractivity contribution in [3.05, 3.63) is 83.9 Å². The minimum Gasteiger partial charge on any atom is -0.340 e. The number of nitrogens with zero attached hydrogens (tertiary/aromatic N) is 1. The number of alkyl halides is 3. The van der Waals surface area contributed by atoms with Crippen LogP contribution >= 0.6 is 0 Å². The number of benzene rings is 3. The molecule has 0 amide bonds. The highest BCUT2D eigenvalue weighted by atomic mass is 19.4. The van der Waals surface area contributed by atoms with Crippen LogP contribution in [0.2, 0.25) is 0 Å². The van der Waals surface area contributed by atoms with Crippen LogP contribution in [0.1, 0.15) is 11.1 Å². The van der Waals surface area contributed by atoms with Crippen molar-refractivity contribution in [2.75, 3.05) is 0 Å². The van der Waals surface area contributed by atoms with E-state index in [1.165, 1.54) is 10.8 Å². The number of hydrogen-bond donors (Lipinski definition) is 0. The van der Waals surface area contributed by atoms with Crippen molar-refractivity contribution < 1.29 is 13.2 Å². The average molecular weight is 339 g/mol. The first-order chi connectivity index (χ1) is 12.0. The SMILES string of the molecule is FC(F)(F)c1ccc(CCn2c3ccccc3c3ccccc32)cc1. The summed E-state index contributed by atoms with van der Waals surface area (Å²) in [5.74, 6) is 0. The summed E-state index contributed by atoms with van der Waals surface area (Å²) < 4.78 is 40.3. The Balaban J connectivity index is 1.67. The van der Waals surface area contributed by atoms with Gasteiger partial charge in [-0.25, -0.2) is 0 Å². The van der Waals surface area contributed by atoms with E-state index < -0.39 is 11.7 Å². The first-order valence-electron chi connectivity index (χ1n) is 8.16. The molecule has 0 atom stereocenters. The molecule has 126 valence electrons. The molecule has 0 aliphatic heterocycles. The molecule has 0 saturated carbocycles. The van der Waals surface area contributed by atoms with Crippen LogP contribution in [0.25, 0.3) is 21.8 Å². The summed E-state index contributed by atoms with van der Waals surface area (Å²) >= 11 is 0. The van der Waals surface area contributed by atoms with Crippen molar-refractivity contribution >= 4 is 21.8 Å². The maximum Gasteiger partial charge on any atom is 0.416 e. The van der Waals surface area contributed by atoms with Gasteiger partial charge < -0.3 is 4.57 Å². The number of halogens is 3. The van der Waals surface area contributed by atoms with Gasteiger partial charge in [-0.15, -0.1) is 0 Å². The summed E-state index contributed by atoms with van der Waals surface area (Å²) in [7, 11) is 0. The number of para-hydroxylation sites is 2. The molecule has 0 radical (unpaired) electrons. The fourth-order valence-corrected chi connectivity index (χ4v) is 3.35. The van der Waals surface area contributed by atoms with Crippen LogP contribution in [0, 0.1) is 0 Å². The average Bonchev–Trinajstić information content (AvgIpc) is 2.94. The molecule has 0 unspecified atom stereocenters. The molecule has 25 heavy (non-hydrogen) atoms. The molecule has 1 heterocycles. The summed E-state index contributed by atoms with van der Waals surface area (Å²) in [6.07, 6.45) is -3.60.